The smallest absolute Gasteiger partial charge is 0.123 e. The summed E-state index contributed by atoms with van der Waals surface area (Å²) < 4.78 is 0. The van der Waals surface area contributed by atoms with Gasteiger partial charge in [0.15, 0.2) is 0 Å². The van der Waals surface area contributed by atoms with Crippen LogP contribution in [0.3, 0.4) is 0 Å². The number of hydrogen-bond acceptors (Lipinski definition) is 1. The second-order valence-electron chi connectivity index (χ2n) is 6.33. The van der Waals surface area contributed by atoms with E-state index in [0.717, 1.165) is 24.0 Å². The highest BCUT2D eigenvalue weighted by Crippen LogP contribution is 2.36. The number of phenolic OH excluding ortho intramolecular Hbond substituents is 1. The molecule has 1 nitrogen and oxygen atoms in total. The van der Waals surface area contributed by atoms with Crippen LogP contribution in [0, 0.1) is 0 Å². The summed E-state index contributed by atoms with van der Waals surface area (Å²) in [6.07, 6.45) is 9.90. The Morgan fingerprint density at radius 3 is 2.17 bits per heavy atom. The molecule has 0 heterocycles. The van der Waals surface area contributed by atoms with E-state index in [1.165, 1.54) is 49.7 Å². The van der Waals surface area contributed by atoms with Crippen LogP contribution < -0.4 is 0 Å². The molecule has 0 unspecified atom stereocenters. The van der Waals surface area contributed by atoms with Gasteiger partial charge in [-0.2, -0.15) is 0 Å². The van der Waals surface area contributed by atoms with Crippen LogP contribution in [0.2, 0.25) is 0 Å². The number of aryl methyl sites for hydroxylation is 1. The summed E-state index contributed by atoms with van der Waals surface area (Å²) in [6, 6.07) is 14.3. The molecule has 0 aromatic heterocycles. The lowest BCUT2D eigenvalue weighted by atomic mass is 9.90. The highest BCUT2D eigenvalue weighted by atomic mass is 16.3. The number of aromatic hydroxyl groups is 1. The average molecular weight is 310 g/mol. The Morgan fingerprint density at radius 2 is 1.48 bits per heavy atom. The number of rotatable bonds is 9. The average Bonchev–Trinajstić information content (AvgIpc) is 2.59. The van der Waals surface area contributed by atoms with Crippen LogP contribution in [-0.2, 0) is 12.8 Å². The van der Waals surface area contributed by atoms with Crippen molar-refractivity contribution in [2.24, 2.45) is 0 Å². The van der Waals surface area contributed by atoms with Crippen molar-refractivity contribution in [3.05, 3.63) is 53.6 Å². The van der Waals surface area contributed by atoms with E-state index in [2.05, 4.69) is 32.0 Å². The fraction of sp³-hybridized carbons (Fsp3) is 0.455. The maximum atomic E-state index is 10.4. The van der Waals surface area contributed by atoms with Gasteiger partial charge < -0.3 is 5.11 Å². The van der Waals surface area contributed by atoms with E-state index in [1.54, 1.807) is 0 Å². The van der Waals surface area contributed by atoms with Crippen molar-refractivity contribution in [1.82, 2.24) is 0 Å². The first kappa shape index (κ1) is 17.6. The summed E-state index contributed by atoms with van der Waals surface area (Å²) in [5.41, 5.74) is 4.88. The lowest BCUT2D eigenvalue weighted by Crippen LogP contribution is -1.98. The van der Waals surface area contributed by atoms with Gasteiger partial charge >= 0.3 is 0 Å². The van der Waals surface area contributed by atoms with Crippen LogP contribution in [0.4, 0.5) is 0 Å². The molecule has 0 atom stereocenters. The fourth-order valence-electron chi connectivity index (χ4n) is 3.30. The summed E-state index contributed by atoms with van der Waals surface area (Å²) in [5, 5.41) is 10.4. The Labute approximate surface area is 141 Å². The third-order valence-corrected chi connectivity index (χ3v) is 4.61. The van der Waals surface area contributed by atoms with Crippen molar-refractivity contribution in [3.8, 4) is 16.9 Å². The van der Waals surface area contributed by atoms with Crippen LogP contribution in [-0.4, -0.2) is 5.11 Å². The molecule has 2 aromatic carbocycles. The zero-order chi connectivity index (χ0) is 16.5. The molecular formula is C22H30O. The van der Waals surface area contributed by atoms with Gasteiger partial charge in [-0.1, -0.05) is 82.3 Å². The Hall–Kier alpha value is -1.76. The molecule has 0 saturated heterocycles. The zero-order valence-electron chi connectivity index (χ0n) is 14.6. The van der Waals surface area contributed by atoms with Crippen molar-refractivity contribution >= 4 is 0 Å². The summed E-state index contributed by atoms with van der Waals surface area (Å²) in [7, 11) is 0. The van der Waals surface area contributed by atoms with Gasteiger partial charge in [0.05, 0.1) is 0 Å². The molecule has 0 aliphatic heterocycles. The number of benzene rings is 2. The van der Waals surface area contributed by atoms with Gasteiger partial charge in [-0.15, -0.1) is 0 Å². The molecule has 0 aliphatic rings. The second-order valence-corrected chi connectivity index (χ2v) is 6.33. The van der Waals surface area contributed by atoms with Crippen LogP contribution in [0.25, 0.3) is 11.1 Å². The first-order valence-corrected chi connectivity index (χ1v) is 9.17. The molecule has 0 fully saturated rings. The predicted molar refractivity (Wildman–Crippen MR) is 100 cm³/mol. The summed E-state index contributed by atoms with van der Waals surface area (Å²) in [5.74, 6) is 0.411. The Morgan fingerprint density at radius 1 is 0.783 bits per heavy atom. The fourth-order valence-corrected chi connectivity index (χ4v) is 3.30. The second kappa shape index (κ2) is 9.39. The van der Waals surface area contributed by atoms with Crippen LogP contribution in [0.5, 0.6) is 5.75 Å². The summed E-state index contributed by atoms with van der Waals surface area (Å²) in [4.78, 5) is 0. The third-order valence-electron chi connectivity index (χ3n) is 4.61. The predicted octanol–water partition coefficient (Wildman–Crippen LogP) is 6.52. The van der Waals surface area contributed by atoms with E-state index in [4.69, 9.17) is 0 Å². The van der Waals surface area contributed by atoms with E-state index in [-0.39, 0.29) is 0 Å². The number of unbranched alkanes of at least 4 members (excludes halogenated alkanes) is 5. The molecule has 0 saturated carbocycles. The normalized spacial score (nSPS) is 10.9. The van der Waals surface area contributed by atoms with Crippen molar-refractivity contribution in [2.45, 2.75) is 65.2 Å². The van der Waals surface area contributed by atoms with E-state index in [1.807, 2.05) is 24.3 Å². The zero-order valence-corrected chi connectivity index (χ0v) is 14.6. The van der Waals surface area contributed by atoms with Crippen molar-refractivity contribution in [1.29, 1.82) is 0 Å². The van der Waals surface area contributed by atoms with Crippen molar-refractivity contribution in [3.63, 3.8) is 0 Å². The standard InChI is InChI=1S/C22H30O/c1-3-5-6-7-8-12-15-20-18(4-2)16-17-21(23)22(20)19-13-10-9-11-14-19/h9-11,13-14,16-17,23H,3-8,12,15H2,1-2H3. The quantitative estimate of drug-likeness (QED) is 0.522. The van der Waals surface area contributed by atoms with Crippen molar-refractivity contribution < 1.29 is 5.11 Å². The Kier molecular flexibility index (Phi) is 7.19. The minimum atomic E-state index is 0.411. The molecular weight excluding hydrogens is 280 g/mol. The van der Waals surface area contributed by atoms with E-state index < -0.39 is 0 Å². The molecule has 1 heteroatoms. The third kappa shape index (κ3) is 4.86. The highest BCUT2D eigenvalue weighted by Gasteiger charge is 2.13. The molecule has 0 bridgehead atoms. The minimum Gasteiger partial charge on any atom is -0.507 e. The van der Waals surface area contributed by atoms with Gasteiger partial charge in [0.1, 0.15) is 5.75 Å². The minimum absolute atomic E-state index is 0.411. The number of phenols is 1. The molecule has 0 amide bonds. The molecule has 1 N–H and O–H groups in total. The molecule has 2 rings (SSSR count). The van der Waals surface area contributed by atoms with Gasteiger partial charge in [-0.05, 0) is 42.0 Å². The Balaban J connectivity index is 2.17. The molecule has 2 aromatic rings. The molecule has 124 valence electrons. The lowest BCUT2D eigenvalue weighted by Gasteiger charge is -2.16. The van der Waals surface area contributed by atoms with Gasteiger partial charge in [0.2, 0.25) is 0 Å². The van der Waals surface area contributed by atoms with Crippen LogP contribution >= 0.6 is 0 Å². The van der Waals surface area contributed by atoms with Crippen molar-refractivity contribution in [2.75, 3.05) is 0 Å². The maximum Gasteiger partial charge on any atom is 0.123 e. The first-order valence-electron chi connectivity index (χ1n) is 9.17. The first-order chi connectivity index (χ1) is 11.3. The van der Waals surface area contributed by atoms with E-state index in [9.17, 15) is 5.11 Å². The van der Waals surface area contributed by atoms with Crippen LogP contribution in [0.1, 0.15) is 63.5 Å². The molecule has 0 aliphatic carbocycles. The maximum absolute atomic E-state index is 10.4. The molecule has 0 spiro atoms. The Bertz CT molecular complexity index is 586. The largest absolute Gasteiger partial charge is 0.507 e. The van der Waals surface area contributed by atoms with E-state index in [0.29, 0.717) is 5.75 Å². The van der Waals surface area contributed by atoms with E-state index >= 15 is 0 Å². The lowest BCUT2D eigenvalue weighted by molar-refractivity contribution is 0.476. The van der Waals surface area contributed by atoms with Gasteiger partial charge in [0.25, 0.3) is 0 Å². The molecule has 0 radical (unpaired) electrons. The topological polar surface area (TPSA) is 20.2 Å². The SMILES string of the molecule is CCCCCCCCc1c(CC)ccc(O)c1-c1ccccc1. The monoisotopic (exact) mass is 310 g/mol. The number of hydrogen-bond donors (Lipinski definition) is 1. The molecule has 23 heavy (non-hydrogen) atoms. The van der Waals surface area contributed by atoms with Gasteiger partial charge in [0, 0.05) is 5.56 Å². The van der Waals surface area contributed by atoms with Gasteiger partial charge in [-0.25, -0.2) is 0 Å². The summed E-state index contributed by atoms with van der Waals surface area (Å²) in [6.45, 7) is 4.46. The highest BCUT2D eigenvalue weighted by molar-refractivity contribution is 5.75. The van der Waals surface area contributed by atoms with Gasteiger partial charge in [-0.3, -0.25) is 0 Å². The summed E-state index contributed by atoms with van der Waals surface area (Å²) >= 11 is 0. The van der Waals surface area contributed by atoms with Crippen LogP contribution in [0.15, 0.2) is 42.5 Å².